The van der Waals surface area contributed by atoms with Crippen molar-refractivity contribution in [3.8, 4) is 5.75 Å². The number of hydrogen-bond acceptors (Lipinski definition) is 7. The SMILES string of the molecule is C=CCN1C(=O)[C@]2(O[C@H](CCn3cc(CCO)nn3)[C@@H]([Si](C)(C)F)[C@@H]2C)c2cc(N3C(=O)COc4ccccc43)ccc21. The van der Waals surface area contributed by atoms with Crippen LogP contribution in [0.15, 0.2) is 61.3 Å². The number of aromatic nitrogens is 3. The van der Waals surface area contributed by atoms with Crippen molar-refractivity contribution < 1.29 is 28.3 Å². The van der Waals surface area contributed by atoms with Gasteiger partial charge in [-0.15, -0.1) is 11.7 Å². The minimum absolute atomic E-state index is 0.0273. The van der Waals surface area contributed by atoms with Crippen LogP contribution in [-0.2, 0) is 32.9 Å². The van der Waals surface area contributed by atoms with Crippen LogP contribution in [0.3, 0.4) is 0 Å². The maximum absolute atomic E-state index is 16.2. The fourth-order valence-corrected chi connectivity index (χ4v) is 9.62. The molecule has 0 bridgehead atoms. The van der Waals surface area contributed by atoms with Crippen molar-refractivity contribution in [2.24, 2.45) is 5.92 Å². The van der Waals surface area contributed by atoms with Gasteiger partial charge in [0.1, 0.15) is 5.75 Å². The van der Waals surface area contributed by atoms with Crippen molar-refractivity contribution in [3.05, 3.63) is 72.6 Å². The number of aryl methyl sites for hydroxylation is 1. The second-order valence-electron chi connectivity index (χ2n) is 11.9. The van der Waals surface area contributed by atoms with Crippen molar-refractivity contribution >= 4 is 37.3 Å². The number of benzene rings is 2. The third-order valence-corrected chi connectivity index (χ3v) is 11.3. The summed E-state index contributed by atoms with van der Waals surface area (Å²) in [6.07, 6.45) is 3.70. The molecule has 4 atom stereocenters. The molecule has 1 spiro atoms. The van der Waals surface area contributed by atoms with Gasteiger partial charge in [-0.25, -0.2) is 0 Å². The van der Waals surface area contributed by atoms with Crippen LogP contribution in [0.1, 0.15) is 24.6 Å². The normalized spacial score (nSPS) is 24.8. The van der Waals surface area contributed by atoms with Crippen molar-refractivity contribution in [2.45, 2.75) is 56.7 Å². The molecule has 2 amide bonds. The van der Waals surface area contributed by atoms with Crippen LogP contribution in [0.4, 0.5) is 21.2 Å². The number of nitrogens with zero attached hydrogens (tertiary/aromatic N) is 5. The Morgan fingerprint density at radius 3 is 2.74 bits per heavy atom. The number of aliphatic hydroxyl groups excluding tert-OH is 1. The number of aliphatic hydroxyl groups is 1. The number of hydrogen-bond donors (Lipinski definition) is 1. The van der Waals surface area contributed by atoms with E-state index < -0.39 is 31.6 Å². The van der Waals surface area contributed by atoms with Crippen LogP contribution in [-0.4, -0.2) is 66.2 Å². The number of carbonyl (C=O) groups is 2. The molecule has 10 nitrogen and oxygen atoms in total. The average Bonchev–Trinajstić information content (AvgIpc) is 3.62. The van der Waals surface area contributed by atoms with Gasteiger partial charge in [0.05, 0.1) is 23.2 Å². The van der Waals surface area contributed by atoms with Crippen molar-refractivity contribution in [3.63, 3.8) is 0 Å². The highest BCUT2D eigenvalue weighted by Gasteiger charge is 2.66. The Balaban J connectivity index is 1.42. The second kappa shape index (κ2) is 11.0. The monoisotopic (exact) mass is 605 g/mol. The Hall–Kier alpha value is -3.87. The average molecular weight is 606 g/mol. The van der Waals surface area contributed by atoms with Gasteiger partial charge in [0, 0.05) is 55.0 Å². The van der Waals surface area contributed by atoms with Crippen LogP contribution in [0.5, 0.6) is 5.75 Å². The summed E-state index contributed by atoms with van der Waals surface area (Å²) in [6, 6.07) is 12.8. The Morgan fingerprint density at radius 2 is 2.00 bits per heavy atom. The zero-order valence-corrected chi connectivity index (χ0v) is 25.6. The van der Waals surface area contributed by atoms with E-state index in [2.05, 4.69) is 16.9 Å². The number of fused-ring (bicyclic) bond motifs is 3. The summed E-state index contributed by atoms with van der Waals surface area (Å²) in [5.74, 6) is -0.374. The molecule has 0 aliphatic carbocycles. The standard InChI is InChI=1S/C31H36FN5O5Si/c1-5-14-36-24-11-10-22(37-25-8-6-7-9-26(25)41-19-28(37)39)17-23(24)31(30(36)40)20(2)29(43(3,4)32)27(42-31)12-15-35-18-21(13-16-38)33-34-35/h5-11,17-18,20,27,29,38H,1,12-16,19H2,2-4H3/t20-,27+,29-,31+/m0/s1. The minimum Gasteiger partial charge on any atom is -0.482 e. The first kappa shape index (κ1) is 29.2. The van der Waals surface area contributed by atoms with E-state index in [1.54, 1.807) is 39.8 Å². The van der Waals surface area contributed by atoms with E-state index in [9.17, 15) is 14.7 Å². The first-order chi connectivity index (χ1) is 20.6. The summed E-state index contributed by atoms with van der Waals surface area (Å²) in [5.41, 5.74) is 1.24. The van der Waals surface area contributed by atoms with E-state index in [4.69, 9.17) is 9.47 Å². The van der Waals surface area contributed by atoms with Gasteiger partial charge in [-0.2, -0.15) is 0 Å². The molecule has 1 N–H and O–H groups in total. The van der Waals surface area contributed by atoms with Gasteiger partial charge in [0.15, 0.2) is 12.2 Å². The lowest BCUT2D eigenvalue weighted by Gasteiger charge is -2.32. The number of carbonyl (C=O) groups excluding carboxylic acids is 2. The molecule has 1 aromatic heterocycles. The lowest BCUT2D eigenvalue weighted by atomic mass is 9.82. The highest BCUT2D eigenvalue weighted by atomic mass is 28.4. The van der Waals surface area contributed by atoms with Crippen molar-refractivity contribution in [1.29, 1.82) is 0 Å². The third kappa shape index (κ3) is 4.77. The molecule has 12 heteroatoms. The summed E-state index contributed by atoms with van der Waals surface area (Å²) < 4.78 is 30.3. The third-order valence-electron chi connectivity index (χ3n) is 8.82. The Bertz CT molecular complexity index is 1570. The molecule has 4 heterocycles. The second-order valence-corrected chi connectivity index (χ2v) is 15.7. The maximum atomic E-state index is 16.2. The lowest BCUT2D eigenvalue weighted by molar-refractivity contribution is -0.145. The zero-order chi connectivity index (χ0) is 30.5. The highest BCUT2D eigenvalue weighted by Crippen LogP contribution is 2.60. The molecule has 3 aromatic rings. The molecular weight excluding hydrogens is 569 g/mol. The van der Waals surface area contributed by atoms with E-state index >= 15 is 4.11 Å². The number of para-hydroxylation sites is 2. The number of ether oxygens (including phenoxy) is 2. The van der Waals surface area contributed by atoms with Gasteiger partial charge >= 0.3 is 0 Å². The number of rotatable bonds is 9. The van der Waals surface area contributed by atoms with Crippen LogP contribution < -0.4 is 14.5 Å². The fourth-order valence-electron chi connectivity index (χ4n) is 7.08. The van der Waals surface area contributed by atoms with Gasteiger partial charge in [-0.3, -0.25) is 19.2 Å². The lowest BCUT2D eigenvalue weighted by Crippen LogP contribution is -2.45. The van der Waals surface area contributed by atoms with Crippen LogP contribution in [0.25, 0.3) is 0 Å². The molecule has 1 saturated heterocycles. The molecule has 0 unspecified atom stereocenters. The van der Waals surface area contributed by atoms with E-state index in [1.165, 1.54) is 0 Å². The van der Waals surface area contributed by atoms with Crippen LogP contribution in [0, 0.1) is 5.92 Å². The quantitative estimate of drug-likeness (QED) is 0.220. The van der Waals surface area contributed by atoms with Crippen molar-refractivity contribution in [1.82, 2.24) is 15.0 Å². The molecule has 1 fully saturated rings. The summed E-state index contributed by atoms with van der Waals surface area (Å²) in [6.45, 7) is 9.65. The van der Waals surface area contributed by atoms with Gasteiger partial charge in [0.2, 0.25) is 8.41 Å². The Kier molecular flexibility index (Phi) is 7.47. The van der Waals surface area contributed by atoms with E-state index in [0.717, 1.165) is 0 Å². The molecular formula is C31H36FN5O5Si. The Labute approximate surface area is 250 Å². The van der Waals surface area contributed by atoms with Gasteiger partial charge < -0.3 is 23.6 Å². The van der Waals surface area contributed by atoms with Gasteiger partial charge in [-0.1, -0.05) is 30.3 Å². The molecule has 2 aromatic carbocycles. The first-order valence-corrected chi connectivity index (χ1v) is 17.5. The summed E-state index contributed by atoms with van der Waals surface area (Å²) >= 11 is 0. The molecule has 6 rings (SSSR count). The molecule has 43 heavy (non-hydrogen) atoms. The molecule has 0 saturated carbocycles. The largest absolute Gasteiger partial charge is 0.482 e. The predicted octanol–water partition coefficient (Wildman–Crippen LogP) is 4.27. The fraction of sp³-hybridized carbons (Fsp3) is 0.419. The number of anilines is 3. The minimum atomic E-state index is -3.36. The molecule has 0 radical (unpaired) electrons. The van der Waals surface area contributed by atoms with E-state index in [1.807, 2.05) is 49.4 Å². The molecule has 226 valence electrons. The van der Waals surface area contributed by atoms with E-state index in [-0.39, 0.29) is 31.6 Å². The molecule has 3 aliphatic rings. The van der Waals surface area contributed by atoms with Crippen LogP contribution in [0.2, 0.25) is 18.6 Å². The van der Waals surface area contributed by atoms with Gasteiger partial charge in [-0.05, 0) is 49.8 Å². The Morgan fingerprint density at radius 1 is 1.21 bits per heavy atom. The maximum Gasteiger partial charge on any atom is 0.269 e. The number of halogens is 1. The van der Waals surface area contributed by atoms with Crippen molar-refractivity contribution in [2.75, 3.05) is 29.6 Å². The molecule has 3 aliphatic heterocycles. The topological polar surface area (TPSA) is 110 Å². The van der Waals surface area contributed by atoms with Gasteiger partial charge in [0.25, 0.3) is 11.8 Å². The van der Waals surface area contributed by atoms with Crippen LogP contribution >= 0.6 is 0 Å². The van der Waals surface area contributed by atoms with E-state index in [0.29, 0.717) is 53.5 Å². The predicted molar refractivity (Wildman–Crippen MR) is 162 cm³/mol. The zero-order valence-electron chi connectivity index (χ0n) is 24.6. The highest BCUT2D eigenvalue weighted by molar-refractivity contribution is 6.72. The summed E-state index contributed by atoms with van der Waals surface area (Å²) in [5, 5.41) is 17.5. The number of amides is 2. The summed E-state index contributed by atoms with van der Waals surface area (Å²) in [7, 11) is -3.36. The summed E-state index contributed by atoms with van der Waals surface area (Å²) in [4.78, 5) is 30.8. The first-order valence-electron chi connectivity index (χ1n) is 14.6. The smallest absolute Gasteiger partial charge is 0.269 e.